The quantitative estimate of drug-likeness (QED) is 0.779. The van der Waals surface area contributed by atoms with Crippen LogP contribution in [0.5, 0.6) is 11.6 Å². The van der Waals surface area contributed by atoms with Crippen molar-refractivity contribution in [3.05, 3.63) is 29.5 Å². The van der Waals surface area contributed by atoms with Crippen molar-refractivity contribution in [1.82, 2.24) is 20.4 Å². The van der Waals surface area contributed by atoms with Gasteiger partial charge in [-0.05, 0) is 0 Å². The van der Waals surface area contributed by atoms with Gasteiger partial charge < -0.3 is 9.84 Å². The average molecular weight is 248 g/mol. The summed E-state index contributed by atoms with van der Waals surface area (Å²) < 4.78 is 18.4. The van der Waals surface area contributed by atoms with Gasteiger partial charge in [-0.15, -0.1) is 6.42 Å². The molecule has 0 radical (unpaired) electrons. The lowest BCUT2D eigenvalue weighted by Gasteiger charge is -2.03. The second-order valence-electron chi connectivity index (χ2n) is 3.04. The molecule has 0 aliphatic carbocycles. The smallest absolute Gasteiger partial charge is 0.359 e. The first-order chi connectivity index (χ1) is 8.61. The molecule has 90 valence electrons. The molecule has 2 N–H and O–H groups in total. The fourth-order valence-corrected chi connectivity index (χ4v) is 1.11. The Morgan fingerprint density at radius 3 is 3.06 bits per heavy atom. The fourth-order valence-electron chi connectivity index (χ4n) is 1.11. The van der Waals surface area contributed by atoms with E-state index in [1.807, 2.05) is 0 Å². The van der Waals surface area contributed by atoms with E-state index in [1.165, 1.54) is 0 Å². The van der Waals surface area contributed by atoms with Crippen molar-refractivity contribution >= 4 is 5.97 Å². The molecule has 8 heteroatoms. The maximum absolute atomic E-state index is 13.4. The molecule has 2 rings (SSSR count). The lowest BCUT2D eigenvalue weighted by atomic mass is 10.3. The predicted molar refractivity (Wildman–Crippen MR) is 55.5 cm³/mol. The highest BCUT2D eigenvalue weighted by Crippen LogP contribution is 2.24. The van der Waals surface area contributed by atoms with Crippen LogP contribution in [-0.2, 0) is 0 Å². The number of hydrogen-bond acceptors (Lipinski definition) is 5. The van der Waals surface area contributed by atoms with Crippen LogP contribution in [0.25, 0.3) is 0 Å². The molecule has 2 heterocycles. The van der Waals surface area contributed by atoms with Gasteiger partial charge in [0.15, 0.2) is 11.6 Å². The Kier molecular flexibility index (Phi) is 2.89. The number of ether oxygens (including phenoxy) is 1. The van der Waals surface area contributed by atoms with Crippen LogP contribution in [-0.4, -0.2) is 31.5 Å². The van der Waals surface area contributed by atoms with Crippen LogP contribution in [0.15, 0.2) is 12.3 Å². The lowest BCUT2D eigenvalue weighted by molar-refractivity contribution is 0.0687. The Balaban J connectivity index is 2.37. The number of rotatable bonds is 3. The van der Waals surface area contributed by atoms with Crippen molar-refractivity contribution in [2.75, 3.05) is 0 Å². The highest BCUT2D eigenvalue weighted by atomic mass is 19.1. The predicted octanol–water partition coefficient (Wildman–Crippen LogP) is 0.811. The monoisotopic (exact) mass is 248 g/mol. The molecular formula is C10H5FN4O3. The van der Waals surface area contributed by atoms with Crippen LogP contribution in [0.4, 0.5) is 4.39 Å². The van der Waals surface area contributed by atoms with Gasteiger partial charge in [-0.1, -0.05) is 16.2 Å². The maximum Gasteiger partial charge on any atom is 0.359 e. The van der Waals surface area contributed by atoms with Gasteiger partial charge in [0.05, 0.1) is 6.20 Å². The van der Waals surface area contributed by atoms with Gasteiger partial charge in [0.25, 0.3) is 5.88 Å². The Morgan fingerprint density at radius 2 is 2.39 bits per heavy atom. The number of aromatic carboxylic acids is 1. The molecule has 0 bridgehead atoms. The molecule has 0 saturated heterocycles. The standard InChI is InChI=1S/C10H5FN4O3/c1-2-5-3-7(6(11)4-12-5)18-9-8(10(16)17)13-15-14-9/h1,3-4H,(H,16,17)(H,13,14,15). The number of nitrogens with one attached hydrogen (secondary N) is 1. The molecule has 0 fully saturated rings. The first-order valence-corrected chi connectivity index (χ1v) is 4.56. The van der Waals surface area contributed by atoms with Gasteiger partial charge in [-0.25, -0.2) is 19.3 Å². The van der Waals surface area contributed by atoms with Crippen molar-refractivity contribution in [2.24, 2.45) is 0 Å². The van der Waals surface area contributed by atoms with Crippen molar-refractivity contribution in [3.63, 3.8) is 0 Å². The summed E-state index contributed by atoms with van der Waals surface area (Å²) >= 11 is 0. The lowest BCUT2D eigenvalue weighted by Crippen LogP contribution is -2.01. The van der Waals surface area contributed by atoms with Crippen LogP contribution in [0.3, 0.4) is 0 Å². The number of carboxylic acids is 1. The second kappa shape index (κ2) is 4.50. The Hall–Kier alpha value is -2.95. The van der Waals surface area contributed by atoms with E-state index in [-0.39, 0.29) is 17.3 Å². The number of carboxylic acid groups (broad SMARTS) is 1. The molecule has 0 spiro atoms. The molecule has 2 aromatic rings. The topological polar surface area (TPSA) is 101 Å². The summed E-state index contributed by atoms with van der Waals surface area (Å²) in [6.45, 7) is 0. The zero-order chi connectivity index (χ0) is 13.1. The van der Waals surface area contributed by atoms with Crippen LogP contribution in [0.1, 0.15) is 16.2 Å². The third-order valence-electron chi connectivity index (χ3n) is 1.91. The fraction of sp³-hybridized carbons (Fsp3) is 0. The second-order valence-corrected chi connectivity index (χ2v) is 3.04. The Morgan fingerprint density at radius 1 is 1.61 bits per heavy atom. The number of nitrogens with zero attached hydrogens (tertiary/aromatic N) is 3. The van der Waals surface area contributed by atoms with Gasteiger partial charge in [-0.2, -0.15) is 0 Å². The number of pyridine rings is 1. The van der Waals surface area contributed by atoms with Crippen LogP contribution >= 0.6 is 0 Å². The summed E-state index contributed by atoms with van der Waals surface area (Å²) in [6.07, 6.45) is 5.97. The summed E-state index contributed by atoms with van der Waals surface area (Å²) in [5.41, 5.74) is -0.250. The average Bonchev–Trinajstić information content (AvgIpc) is 2.80. The number of aromatic amines is 1. The molecule has 0 aliphatic heterocycles. The number of H-pyrrole nitrogens is 1. The SMILES string of the molecule is C#Cc1cc(Oc2nn[nH]c2C(=O)O)c(F)cn1. The minimum Gasteiger partial charge on any atom is -0.476 e. The van der Waals surface area contributed by atoms with E-state index >= 15 is 0 Å². The van der Waals surface area contributed by atoms with Gasteiger partial charge in [0.1, 0.15) is 5.69 Å². The van der Waals surface area contributed by atoms with Crippen molar-refractivity contribution < 1.29 is 19.0 Å². The molecule has 0 atom stereocenters. The summed E-state index contributed by atoms with van der Waals surface area (Å²) in [7, 11) is 0. The number of carbonyl (C=O) groups is 1. The van der Waals surface area contributed by atoms with E-state index in [9.17, 15) is 9.18 Å². The number of terminal acetylenes is 1. The largest absolute Gasteiger partial charge is 0.476 e. The molecular weight excluding hydrogens is 243 g/mol. The number of hydrogen-bond donors (Lipinski definition) is 2. The van der Waals surface area contributed by atoms with Gasteiger partial charge in [0.2, 0.25) is 5.69 Å². The van der Waals surface area contributed by atoms with Gasteiger partial charge in [-0.3, -0.25) is 0 Å². The Labute approximate surface area is 99.6 Å². The van der Waals surface area contributed by atoms with Crippen molar-refractivity contribution in [1.29, 1.82) is 0 Å². The Bertz CT molecular complexity index is 647. The molecule has 0 aliphatic rings. The highest BCUT2D eigenvalue weighted by Gasteiger charge is 2.18. The molecule has 0 unspecified atom stereocenters. The summed E-state index contributed by atoms with van der Waals surface area (Å²) in [5.74, 6) is -0.584. The van der Waals surface area contributed by atoms with E-state index in [2.05, 4.69) is 26.3 Å². The zero-order valence-electron chi connectivity index (χ0n) is 8.72. The van der Waals surface area contributed by atoms with Gasteiger partial charge >= 0.3 is 5.97 Å². The van der Waals surface area contributed by atoms with E-state index in [0.717, 1.165) is 12.3 Å². The minimum atomic E-state index is -1.33. The van der Waals surface area contributed by atoms with Crippen LogP contribution < -0.4 is 4.74 Å². The van der Waals surface area contributed by atoms with E-state index in [1.54, 1.807) is 0 Å². The molecule has 0 aromatic carbocycles. The first kappa shape index (κ1) is 11.5. The van der Waals surface area contributed by atoms with Gasteiger partial charge in [0, 0.05) is 6.07 Å². The van der Waals surface area contributed by atoms with E-state index in [4.69, 9.17) is 16.3 Å². The maximum atomic E-state index is 13.4. The summed E-state index contributed by atoms with van der Waals surface area (Å²) in [5, 5.41) is 17.5. The molecule has 18 heavy (non-hydrogen) atoms. The van der Waals surface area contributed by atoms with Crippen LogP contribution in [0, 0.1) is 18.2 Å². The molecule has 0 amide bonds. The third kappa shape index (κ3) is 2.10. The normalized spacial score (nSPS) is 9.78. The zero-order valence-corrected chi connectivity index (χ0v) is 8.72. The molecule has 2 aromatic heterocycles. The number of halogens is 1. The van der Waals surface area contributed by atoms with E-state index < -0.39 is 17.5 Å². The minimum absolute atomic E-state index is 0.145. The molecule has 7 nitrogen and oxygen atoms in total. The third-order valence-corrected chi connectivity index (χ3v) is 1.91. The summed E-state index contributed by atoms with van der Waals surface area (Å²) in [6, 6.07) is 1.15. The van der Waals surface area contributed by atoms with Crippen LogP contribution in [0.2, 0.25) is 0 Å². The first-order valence-electron chi connectivity index (χ1n) is 4.56. The highest BCUT2D eigenvalue weighted by molar-refractivity contribution is 5.87. The number of aromatic nitrogens is 4. The molecule has 0 saturated carbocycles. The van der Waals surface area contributed by atoms with Crippen molar-refractivity contribution in [3.8, 4) is 24.0 Å². The van der Waals surface area contributed by atoms with Crippen molar-refractivity contribution in [2.45, 2.75) is 0 Å². The van der Waals surface area contributed by atoms with E-state index in [0.29, 0.717) is 0 Å². The summed E-state index contributed by atoms with van der Waals surface area (Å²) in [4.78, 5) is 14.3.